The number of anilines is 2. The van der Waals surface area contributed by atoms with Crippen LogP contribution in [0.15, 0.2) is 36.4 Å². The van der Waals surface area contributed by atoms with E-state index in [0.29, 0.717) is 11.7 Å². The smallest absolute Gasteiger partial charge is 0.258 e. The van der Waals surface area contributed by atoms with Crippen LogP contribution in [0.3, 0.4) is 0 Å². The maximum atomic E-state index is 13.2. The lowest BCUT2D eigenvalue weighted by Crippen LogP contribution is -2.37. The number of hydrogen-bond donors (Lipinski definition) is 2. The van der Waals surface area contributed by atoms with E-state index < -0.39 is 11.7 Å². The maximum Gasteiger partial charge on any atom is 0.258 e. The fourth-order valence-corrected chi connectivity index (χ4v) is 4.00. The van der Waals surface area contributed by atoms with E-state index in [0.717, 1.165) is 24.3 Å². The maximum absolute atomic E-state index is 13.2. The van der Waals surface area contributed by atoms with E-state index in [1.807, 2.05) is 12.1 Å². The van der Waals surface area contributed by atoms with Gasteiger partial charge in [-0.15, -0.1) is 12.4 Å². The summed E-state index contributed by atoms with van der Waals surface area (Å²) >= 11 is 5.96. The summed E-state index contributed by atoms with van der Waals surface area (Å²) in [7, 11) is 0. The van der Waals surface area contributed by atoms with Crippen LogP contribution in [0, 0.1) is 17.7 Å². The van der Waals surface area contributed by atoms with Crippen molar-refractivity contribution in [3.05, 3.63) is 52.8 Å². The number of piperidine rings is 1. The van der Waals surface area contributed by atoms with E-state index in [-0.39, 0.29) is 23.0 Å². The SMILES string of the molecule is Cl.O=C(Nc1cccc(NCC2CCN(CC3CC3)CC2)n1)c1ccc(F)cc1Cl. The van der Waals surface area contributed by atoms with Crippen molar-refractivity contribution in [1.82, 2.24) is 9.88 Å². The first-order valence-electron chi connectivity index (χ1n) is 10.3. The number of rotatable bonds is 7. The molecule has 30 heavy (non-hydrogen) atoms. The third-order valence-electron chi connectivity index (χ3n) is 5.66. The minimum Gasteiger partial charge on any atom is -0.370 e. The first kappa shape index (κ1) is 22.8. The Hall–Kier alpha value is -1.89. The number of benzene rings is 1. The number of amides is 1. The van der Waals surface area contributed by atoms with Gasteiger partial charge in [0.25, 0.3) is 5.91 Å². The quantitative estimate of drug-likeness (QED) is 0.614. The molecule has 1 saturated carbocycles. The van der Waals surface area contributed by atoms with Gasteiger partial charge in [0.05, 0.1) is 10.6 Å². The second-order valence-electron chi connectivity index (χ2n) is 8.05. The Morgan fingerprint density at radius 1 is 1.10 bits per heavy atom. The first-order chi connectivity index (χ1) is 14.1. The third kappa shape index (κ3) is 6.30. The summed E-state index contributed by atoms with van der Waals surface area (Å²) in [6.45, 7) is 4.53. The molecule has 1 amide bonds. The fraction of sp³-hybridized carbons (Fsp3) is 0.455. The number of hydrogen-bond acceptors (Lipinski definition) is 4. The molecule has 1 aliphatic carbocycles. The first-order valence-corrected chi connectivity index (χ1v) is 10.6. The van der Waals surface area contributed by atoms with E-state index in [1.165, 1.54) is 57.5 Å². The number of halogens is 3. The fourth-order valence-electron chi connectivity index (χ4n) is 3.75. The van der Waals surface area contributed by atoms with Gasteiger partial charge in [0, 0.05) is 13.1 Å². The number of pyridine rings is 1. The number of nitrogens with one attached hydrogen (secondary N) is 2. The summed E-state index contributed by atoms with van der Waals surface area (Å²) in [5, 5.41) is 6.20. The van der Waals surface area contributed by atoms with Gasteiger partial charge in [-0.1, -0.05) is 17.7 Å². The molecule has 2 N–H and O–H groups in total. The third-order valence-corrected chi connectivity index (χ3v) is 5.97. The molecule has 2 aliphatic rings. The molecular weight excluding hydrogens is 426 g/mol. The highest BCUT2D eigenvalue weighted by Gasteiger charge is 2.27. The van der Waals surface area contributed by atoms with Crippen LogP contribution >= 0.6 is 24.0 Å². The minimum atomic E-state index is -0.478. The highest BCUT2D eigenvalue weighted by molar-refractivity contribution is 6.34. The topological polar surface area (TPSA) is 57.3 Å². The van der Waals surface area contributed by atoms with E-state index in [9.17, 15) is 9.18 Å². The number of aromatic nitrogens is 1. The highest BCUT2D eigenvalue weighted by Crippen LogP contribution is 2.31. The molecule has 4 rings (SSSR count). The Balaban J connectivity index is 0.00000256. The van der Waals surface area contributed by atoms with Gasteiger partial charge in [0.1, 0.15) is 17.5 Å². The van der Waals surface area contributed by atoms with Crippen LogP contribution in [0.5, 0.6) is 0 Å². The van der Waals surface area contributed by atoms with Crippen LogP contribution in [0.4, 0.5) is 16.0 Å². The lowest BCUT2D eigenvalue weighted by Gasteiger charge is -2.32. The highest BCUT2D eigenvalue weighted by atomic mass is 35.5. The minimum absolute atomic E-state index is 0. The number of carbonyl (C=O) groups is 1. The molecule has 5 nitrogen and oxygen atoms in total. The molecule has 8 heteroatoms. The molecule has 2 aromatic rings. The molecule has 1 saturated heterocycles. The molecular formula is C22H27Cl2FN4O. The van der Waals surface area contributed by atoms with Crippen LogP contribution in [-0.4, -0.2) is 42.0 Å². The van der Waals surface area contributed by atoms with Gasteiger partial charge in [0.2, 0.25) is 0 Å². The van der Waals surface area contributed by atoms with Crippen LogP contribution in [0.2, 0.25) is 5.02 Å². The van der Waals surface area contributed by atoms with Gasteiger partial charge in [-0.25, -0.2) is 9.37 Å². The Labute approximate surface area is 187 Å². The normalized spacial score (nSPS) is 17.3. The molecule has 0 bridgehead atoms. The predicted octanol–water partition coefficient (Wildman–Crippen LogP) is 5.08. The summed E-state index contributed by atoms with van der Waals surface area (Å²) in [4.78, 5) is 19.5. The summed E-state index contributed by atoms with van der Waals surface area (Å²) in [6.07, 6.45) is 5.24. The second-order valence-corrected chi connectivity index (χ2v) is 8.46. The van der Waals surface area contributed by atoms with E-state index in [4.69, 9.17) is 11.6 Å². The van der Waals surface area contributed by atoms with E-state index >= 15 is 0 Å². The van der Waals surface area contributed by atoms with Crippen molar-refractivity contribution in [3.63, 3.8) is 0 Å². The van der Waals surface area contributed by atoms with Crippen LogP contribution in [0.1, 0.15) is 36.0 Å². The average molecular weight is 453 g/mol. The van der Waals surface area contributed by atoms with Crippen molar-refractivity contribution in [3.8, 4) is 0 Å². The van der Waals surface area contributed by atoms with Crippen molar-refractivity contribution in [2.24, 2.45) is 11.8 Å². The summed E-state index contributed by atoms with van der Waals surface area (Å²) in [5.74, 6) is 1.87. The molecule has 1 aromatic carbocycles. The lowest BCUT2D eigenvalue weighted by molar-refractivity contribution is 0.102. The van der Waals surface area contributed by atoms with Crippen molar-refractivity contribution < 1.29 is 9.18 Å². The number of likely N-dealkylation sites (tertiary alicyclic amines) is 1. The largest absolute Gasteiger partial charge is 0.370 e. The molecule has 162 valence electrons. The van der Waals surface area contributed by atoms with Gasteiger partial charge in [-0.05, 0) is 80.9 Å². The number of carbonyl (C=O) groups excluding carboxylic acids is 1. The Morgan fingerprint density at radius 3 is 2.53 bits per heavy atom. The Bertz CT molecular complexity index is 870. The van der Waals surface area contributed by atoms with Crippen molar-refractivity contribution in [2.45, 2.75) is 25.7 Å². The average Bonchev–Trinajstić information content (AvgIpc) is 3.52. The molecule has 1 aromatic heterocycles. The monoisotopic (exact) mass is 452 g/mol. The molecule has 0 atom stereocenters. The zero-order chi connectivity index (χ0) is 20.2. The summed E-state index contributed by atoms with van der Waals surface area (Å²) in [5.41, 5.74) is 0.214. The van der Waals surface area contributed by atoms with Crippen LogP contribution < -0.4 is 10.6 Å². The van der Waals surface area contributed by atoms with Gasteiger partial charge in [-0.3, -0.25) is 4.79 Å². The van der Waals surface area contributed by atoms with E-state index in [1.54, 1.807) is 6.07 Å². The van der Waals surface area contributed by atoms with Crippen molar-refractivity contribution in [1.29, 1.82) is 0 Å². The van der Waals surface area contributed by atoms with E-state index in [2.05, 4.69) is 20.5 Å². The Morgan fingerprint density at radius 2 is 1.83 bits per heavy atom. The zero-order valence-corrected chi connectivity index (χ0v) is 18.3. The predicted molar refractivity (Wildman–Crippen MR) is 121 cm³/mol. The van der Waals surface area contributed by atoms with Crippen molar-refractivity contribution in [2.75, 3.05) is 36.8 Å². The van der Waals surface area contributed by atoms with Gasteiger partial charge < -0.3 is 15.5 Å². The van der Waals surface area contributed by atoms with Gasteiger partial charge in [0.15, 0.2) is 0 Å². The molecule has 2 heterocycles. The zero-order valence-electron chi connectivity index (χ0n) is 16.7. The van der Waals surface area contributed by atoms with Crippen LogP contribution in [-0.2, 0) is 0 Å². The molecule has 2 fully saturated rings. The summed E-state index contributed by atoms with van der Waals surface area (Å²) in [6, 6.07) is 9.15. The number of nitrogens with zero attached hydrogens (tertiary/aromatic N) is 2. The molecule has 0 spiro atoms. The Kier molecular flexibility index (Phi) is 7.92. The van der Waals surface area contributed by atoms with Crippen molar-refractivity contribution >= 4 is 41.6 Å². The van der Waals surface area contributed by atoms with Gasteiger partial charge in [-0.2, -0.15) is 0 Å². The second kappa shape index (κ2) is 10.4. The summed E-state index contributed by atoms with van der Waals surface area (Å²) < 4.78 is 13.2. The van der Waals surface area contributed by atoms with Crippen LogP contribution in [0.25, 0.3) is 0 Å². The lowest BCUT2D eigenvalue weighted by atomic mass is 9.96. The molecule has 1 aliphatic heterocycles. The molecule has 0 radical (unpaired) electrons. The molecule has 0 unspecified atom stereocenters. The van der Waals surface area contributed by atoms with Gasteiger partial charge >= 0.3 is 0 Å². The standard InChI is InChI=1S/C22H26ClFN4O.ClH/c23-19-12-17(24)6-7-18(19)22(29)27-21-3-1-2-20(26-21)25-13-15-8-10-28(11-9-15)14-16-4-5-16;/h1-3,6-7,12,15-16H,4-5,8-11,13-14H2,(H2,25,26,27,29);1H.